The summed E-state index contributed by atoms with van der Waals surface area (Å²) < 4.78 is 9.90. The molecule has 2 rings (SSSR count). The van der Waals surface area contributed by atoms with Gasteiger partial charge in [0.15, 0.2) is 0 Å². The average molecular weight is 473 g/mol. The topological polar surface area (TPSA) is 24.7 Å². The third kappa shape index (κ3) is 6.08. The molecule has 0 spiro atoms. The number of rotatable bonds is 6. The van der Waals surface area contributed by atoms with Crippen LogP contribution in [0.2, 0.25) is 0 Å². The third-order valence-electron chi connectivity index (χ3n) is 5.09. The second kappa shape index (κ2) is 9.97. The van der Waals surface area contributed by atoms with Crippen molar-refractivity contribution in [1.82, 2.24) is 0 Å². The van der Waals surface area contributed by atoms with E-state index in [1.807, 2.05) is 0 Å². The van der Waals surface area contributed by atoms with Crippen LogP contribution in [-0.2, 0) is 10.8 Å². The first-order valence-corrected chi connectivity index (χ1v) is 15.0. The van der Waals surface area contributed by atoms with Gasteiger partial charge in [-0.1, -0.05) is 0 Å². The summed E-state index contributed by atoms with van der Waals surface area (Å²) in [4.78, 5) is 0. The van der Waals surface area contributed by atoms with Gasteiger partial charge in [-0.05, 0) is 0 Å². The minimum atomic E-state index is -3.51. The van der Waals surface area contributed by atoms with Crippen LogP contribution in [0.5, 0.6) is 0 Å². The summed E-state index contributed by atoms with van der Waals surface area (Å²) in [6.45, 7) is 17.4. The molecule has 0 saturated carbocycles. The number of benzene rings is 2. The molecule has 0 bridgehead atoms. The van der Waals surface area contributed by atoms with Gasteiger partial charge < -0.3 is 0 Å². The van der Waals surface area contributed by atoms with Gasteiger partial charge in [-0.25, -0.2) is 0 Å². The van der Waals surface area contributed by atoms with E-state index >= 15 is 0 Å². The molecule has 2 aromatic rings. The molecule has 0 fully saturated rings. The molecule has 0 heterocycles. The van der Waals surface area contributed by atoms with Gasteiger partial charge in [0.1, 0.15) is 0 Å². The van der Waals surface area contributed by atoms with Gasteiger partial charge in [0.25, 0.3) is 0 Å². The minimum absolute atomic E-state index is 0.336. The zero-order valence-electron chi connectivity index (χ0n) is 18.8. The van der Waals surface area contributed by atoms with Crippen LogP contribution in [0.4, 0.5) is 11.4 Å². The van der Waals surface area contributed by atoms with Crippen LogP contribution < -0.4 is 0 Å². The Balaban J connectivity index is 2.85. The maximum absolute atomic E-state index is 6.90. The average Bonchev–Trinajstić information content (AvgIpc) is 2.60. The number of halogens is 2. The Bertz CT molecular complexity index is 846. The Morgan fingerprint density at radius 2 is 0.793 bits per heavy atom. The van der Waals surface area contributed by atoms with Crippen LogP contribution in [0, 0.1) is 0 Å². The molecule has 160 valence electrons. The van der Waals surface area contributed by atoms with Gasteiger partial charge >= 0.3 is 188 Å². The normalized spacial score (nSPS) is 12.3. The molecule has 0 N–H and O–H groups in total. The first kappa shape index (κ1) is 24.4. The Morgan fingerprint density at radius 3 is 1.00 bits per heavy atom. The van der Waals surface area contributed by atoms with Gasteiger partial charge in [-0.3, -0.25) is 0 Å². The molecule has 0 aliphatic rings. The van der Waals surface area contributed by atoms with Gasteiger partial charge in [-0.15, -0.1) is 0 Å². The van der Waals surface area contributed by atoms with E-state index in [1.54, 1.807) is 0 Å². The Labute approximate surface area is 187 Å². The fourth-order valence-corrected chi connectivity index (χ4v) is 6.02. The summed E-state index contributed by atoms with van der Waals surface area (Å²) >= 11 is 0. The van der Waals surface area contributed by atoms with Crippen molar-refractivity contribution in [3.8, 4) is 0 Å². The number of nitrogens with zero attached hydrogens (tertiary/aromatic N) is 2. The second-order valence-electron chi connectivity index (χ2n) is 8.79. The molecular formula is C24H34Cl2CrN2. The van der Waals surface area contributed by atoms with E-state index in [1.165, 1.54) is 22.3 Å². The molecule has 0 saturated heterocycles. The first-order valence-electron chi connectivity index (χ1n) is 10.4. The molecule has 0 amide bonds. The Hall–Kier alpha value is -0.848. The molecule has 0 unspecified atom stereocenters. The van der Waals surface area contributed by atoms with Gasteiger partial charge in [0, 0.05) is 0 Å². The zero-order valence-corrected chi connectivity index (χ0v) is 21.6. The summed E-state index contributed by atoms with van der Waals surface area (Å²) in [7, 11) is 10.3. The Kier molecular flexibility index (Phi) is 8.40. The summed E-state index contributed by atoms with van der Waals surface area (Å²) in [6, 6.07) is 12.7. The predicted octanol–water partition coefficient (Wildman–Crippen LogP) is 9.97. The summed E-state index contributed by atoms with van der Waals surface area (Å²) in [6.07, 6.45) is 0. The van der Waals surface area contributed by atoms with Crippen LogP contribution >= 0.6 is 20.1 Å². The van der Waals surface area contributed by atoms with Crippen LogP contribution in [0.15, 0.2) is 44.3 Å². The maximum atomic E-state index is 6.90. The molecule has 0 aromatic heterocycles. The van der Waals surface area contributed by atoms with Crippen LogP contribution in [-0.4, -0.2) is 0 Å². The Morgan fingerprint density at radius 1 is 0.552 bits per heavy atom. The number of hydrogen-bond donors (Lipinski definition) is 0. The SMILES string of the molecule is CC(C)c1cccc(C(C)C)c1[N]=[Cr]([Cl])([Cl])=[N]c1c(C(C)C)cccc1C(C)C. The van der Waals surface area contributed by atoms with Crippen LogP contribution in [0.3, 0.4) is 0 Å². The van der Waals surface area contributed by atoms with E-state index in [0.29, 0.717) is 23.7 Å². The van der Waals surface area contributed by atoms with Crippen LogP contribution in [0.1, 0.15) is 101 Å². The molecule has 0 aliphatic heterocycles. The predicted molar refractivity (Wildman–Crippen MR) is 125 cm³/mol. The fraction of sp³-hybridized carbons (Fsp3) is 0.500. The molecule has 0 aliphatic carbocycles. The second-order valence-corrected chi connectivity index (χ2v) is 14.9. The van der Waals surface area contributed by atoms with Crippen molar-refractivity contribution >= 4 is 31.5 Å². The summed E-state index contributed by atoms with van der Waals surface area (Å²) in [5.74, 6) is 1.34. The quantitative estimate of drug-likeness (QED) is 0.399. The molecule has 29 heavy (non-hydrogen) atoms. The monoisotopic (exact) mass is 472 g/mol. The van der Waals surface area contributed by atoms with Crippen molar-refractivity contribution in [3.05, 3.63) is 58.7 Å². The first-order chi connectivity index (χ1) is 13.4. The molecule has 2 aromatic carbocycles. The van der Waals surface area contributed by atoms with Crippen molar-refractivity contribution in [1.29, 1.82) is 0 Å². The number of hydrogen-bond acceptors (Lipinski definition) is 2. The van der Waals surface area contributed by atoms with E-state index in [4.69, 9.17) is 28.0 Å². The molecule has 0 radical (unpaired) electrons. The third-order valence-corrected chi connectivity index (χ3v) is 7.48. The standard InChI is InChI=1S/2C12H17N.2ClH.Cr/c2*1-8(2)10-6-5-7-11(9(3)4)12(10)13;;;/h2*5-9H,1-4H3;2*1H;/q;;;;+2/p-2. The van der Waals surface area contributed by atoms with Crippen molar-refractivity contribution < 1.29 is 10.8 Å². The van der Waals surface area contributed by atoms with Gasteiger partial charge in [0.05, 0.1) is 0 Å². The fourth-order valence-electron chi connectivity index (χ4n) is 3.47. The summed E-state index contributed by atoms with van der Waals surface area (Å²) in [5.41, 5.74) is 6.57. The van der Waals surface area contributed by atoms with Crippen molar-refractivity contribution in [2.24, 2.45) is 7.86 Å². The van der Waals surface area contributed by atoms with Gasteiger partial charge in [0.2, 0.25) is 0 Å². The van der Waals surface area contributed by atoms with E-state index in [9.17, 15) is 0 Å². The molecule has 5 heteroatoms. The van der Waals surface area contributed by atoms with E-state index in [-0.39, 0.29) is 0 Å². The van der Waals surface area contributed by atoms with E-state index in [2.05, 4.69) is 91.8 Å². The molecule has 2 nitrogen and oxygen atoms in total. The summed E-state index contributed by atoms with van der Waals surface area (Å²) in [5, 5.41) is 0. The van der Waals surface area contributed by atoms with E-state index < -0.39 is 10.8 Å². The van der Waals surface area contributed by atoms with Crippen molar-refractivity contribution in [3.63, 3.8) is 0 Å². The van der Waals surface area contributed by atoms with Crippen LogP contribution in [0.25, 0.3) is 0 Å². The molecular weight excluding hydrogens is 439 g/mol. The van der Waals surface area contributed by atoms with Crippen molar-refractivity contribution in [2.45, 2.75) is 79.1 Å². The van der Waals surface area contributed by atoms with Crippen molar-refractivity contribution in [2.75, 3.05) is 0 Å². The van der Waals surface area contributed by atoms with Gasteiger partial charge in [-0.2, -0.15) is 0 Å². The van der Waals surface area contributed by atoms with E-state index in [0.717, 1.165) is 11.4 Å². The zero-order chi connectivity index (χ0) is 21.9. The molecule has 0 atom stereocenters.